The van der Waals surface area contributed by atoms with Crippen LogP contribution in [0.15, 0.2) is 24.3 Å². The zero-order chi connectivity index (χ0) is 12.7. The van der Waals surface area contributed by atoms with E-state index in [0.29, 0.717) is 6.04 Å². The zero-order valence-corrected chi connectivity index (χ0v) is 11.7. The first-order chi connectivity index (χ1) is 8.17. The van der Waals surface area contributed by atoms with E-state index in [1.165, 1.54) is 11.1 Å². The Morgan fingerprint density at radius 3 is 2.24 bits per heavy atom. The van der Waals surface area contributed by atoms with Gasteiger partial charge in [-0.3, -0.25) is 0 Å². The van der Waals surface area contributed by atoms with Gasteiger partial charge in [-0.15, -0.1) is 0 Å². The van der Waals surface area contributed by atoms with Crippen LogP contribution in [0.5, 0.6) is 0 Å². The van der Waals surface area contributed by atoms with Crippen molar-refractivity contribution in [2.45, 2.75) is 33.7 Å². The number of nitrogens with one attached hydrogen (secondary N) is 1. The molecule has 0 heterocycles. The third kappa shape index (κ3) is 4.88. The van der Waals surface area contributed by atoms with Crippen LogP contribution in [-0.4, -0.2) is 31.1 Å². The molecule has 96 valence electrons. The van der Waals surface area contributed by atoms with E-state index < -0.39 is 0 Å². The topological polar surface area (TPSA) is 15.3 Å². The molecule has 0 aromatic heterocycles. The number of hydrogen-bond acceptors (Lipinski definition) is 2. The number of rotatable bonds is 7. The summed E-state index contributed by atoms with van der Waals surface area (Å²) >= 11 is 0. The highest BCUT2D eigenvalue weighted by Gasteiger charge is 2.04. The molecule has 1 atom stereocenters. The maximum Gasteiger partial charge on any atom is 0.0292 e. The molecule has 17 heavy (non-hydrogen) atoms. The largest absolute Gasteiger partial charge is 0.309 e. The van der Waals surface area contributed by atoms with Gasteiger partial charge in [-0.2, -0.15) is 0 Å². The summed E-state index contributed by atoms with van der Waals surface area (Å²) in [4.78, 5) is 2.44. The second kappa shape index (κ2) is 7.46. The van der Waals surface area contributed by atoms with Crippen LogP contribution in [0.4, 0.5) is 0 Å². The van der Waals surface area contributed by atoms with E-state index >= 15 is 0 Å². The molecule has 0 fully saturated rings. The van der Waals surface area contributed by atoms with Crippen molar-refractivity contribution in [3.8, 4) is 0 Å². The lowest BCUT2D eigenvalue weighted by Gasteiger charge is -2.20. The molecule has 0 aliphatic carbocycles. The SMILES string of the molecule is CCN(CC)CCNC(C)c1ccc(C)cc1. The lowest BCUT2D eigenvalue weighted by atomic mass is 10.1. The van der Waals surface area contributed by atoms with Gasteiger partial charge in [0.1, 0.15) is 0 Å². The van der Waals surface area contributed by atoms with Gasteiger partial charge in [-0.25, -0.2) is 0 Å². The monoisotopic (exact) mass is 234 g/mol. The fraction of sp³-hybridized carbons (Fsp3) is 0.600. The van der Waals surface area contributed by atoms with Crippen molar-refractivity contribution in [3.63, 3.8) is 0 Å². The molecule has 1 aromatic rings. The third-order valence-electron chi connectivity index (χ3n) is 3.35. The van der Waals surface area contributed by atoms with E-state index in [4.69, 9.17) is 0 Å². The summed E-state index contributed by atoms with van der Waals surface area (Å²) in [5.74, 6) is 0. The summed E-state index contributed by atoms with van der Waals surface area (Å²) < 4.78 is 0. The first-order valence-electron chi connectivity index (χ1n) is 6.69. The van der Waals surface area contributed by atoms with Crippen molar-refractivity contribution in [1.82, 2.24) is 10.2 Å². The highest BCUT2D eigenvalue weighted by molar-refractivity contribution is 5.23. The Labute approximate surface area is 106 Å². The van der Waals surface area contributed by atoms with Gasteiger partial charge >= 0.3 is 0 Å². The lowest BCUT2D eigenvalue weighted by Crippen LogP contribution is -2.33. The average molecular weight is 234 g/mol. The van der Waals surface area contributed by atoms with E-state index in [1.54, 1.807) is 0 Å². The Kier molecular flexibility index (Phi) is 6.23. The Balaban J connectivity index is 2.34. The van der Waals surface area contributed by atoms with Gasteiger partial charge in [0.05, 0.1) is 0 Å². The maximum atomic E-state index is 3.58. The Morgan fingerprint density at radius 1 is 1.12 bits per heavy atom. The van der Waals surface area contributed by atoms with Crippen molar-refractivity contribution in [2.24, 2.45) is 0 Å². The molecule has 0 spiro atoms. The fourth-order valence-electron chi connectivity index (χ4n) is 1.95. The third-order valence-corrected chi connectivity index (χ3v) is 3.35. The van der Waals surface area contributed by atoms with Crippen molar-refractivity contribution >= 4 is 0 Å². The summed E-state index contributed by atoms with van der Waals surface area (Å²) in [6.07, 6.45) is 0. The first kappa shape index (κ1) is 14.2. The first-order valence-corrected chi connectivity index (χ1v) is 6.69. The molecule has 0 aliphatic rings. The number of aryl methyl sites for hydroxylation is 1. The fourth-order valence-corrected chi connectivity index (χ4v) is 1.95. The van der Waals surface area contributed by atoms with Crippen molar-refractivity contribution in [2.75, 3.05) is 26.2 Å². The van der Waals surface area contributed by atoms with Gasteiger partial charge < -0.3 is 10.2 Å². The summed E-state index contributed by atoms with van der Waals surface area (Å²) in [6.45, 7) is 13.2. The molecule has 1 rings (SSSR count). The molecular weight excluding hydrogens is 208 g/mol. The van der Waals surface area contributed by atoms with E-state index in [0.717, 1.165) is 26.2 Å². The molecule has 0 bridgehead atoms. The van der Waals surface area contributed by atoms with E-state index in [-0.39, 0.29) is 0 Å². The Bertz CT molecular complexity index is 301. The van der Waals surface area contributed by atoms with Crippen molar-refractivity contribution < 1.29 is 0 Å². The summed E-state index contributed by atoms with van der Waals surface area (Å²) in [5, 5.41) is 3.58. The van der Waals surface area contributed by atoms with E-state index in [2.05, 4.69) is 62.2 Å². The van der Waals surface area contributed by atoms with Gasteiger partial charge in [0.15, 0.2) is 0 Å². The van der Waals surface area contributed by atoms with Crippen LogP contribution >= 0.6 is 0 Å². The smallest absolute Gasteiger partial charge is 0.0292 e. The number of nitrogens with zero attached hydrogens (tertiary/aromatic N) is 1. The van der Waals surface area contributed by atoms with Gasteiger partial charge in [0, 0.05) is 19.1 Å². The quantitative estimate of drug-likeness (QED) is 0.780. The molecule has 2 nitrogen and oxygen atoms in total. The minimum absolute atomic E-state index is 0.436. The van der Waals surface area contributed by atoms with Crippen LogP contribution in [0.3, 0.4) is 0 Å². The number of benzene rings is 1. The molecule has 1 N–H and O–H groups in total. The van der Waals surface area contributed by atoms with Gasteiger partial charge in [0.25, 0.3) is 0 Å². The molecular formula is C15H26N2. The summed E-state index contributed by atoms with van der Waals surface area (Å²) in [7, 11) is 0. The van der Waals surface area contributed by atoms with Crippen LogP contribution < -0.4 is 5.32 Å². The number of hydrogen-bond donors (Lipinski definition) is 1. The van der Waals surface area contributed by atoms with Crippen LogP contribution in [-0.2, 0) is 0 Å². The predicted molar refractivity (Wildman–Crippen MR) is 75.4 cm³/mol. The highest BCUT2D eigenvalue weighted by atomic mass is 15.1. The van der Waals surface area contributed by atoms with Gasteiger partial charge in [-0.05, 0) is 32.5 Å². The minimum Gasteiger partial charge on any atom is -0.309 e. The van der Waals surface area contributed by atoms with Crippen LogP contribution in [0, 0.1) is 6.92 Å². The van der Waals surface area contributed by atoms with Crippen molar-refractivity contribution in [3.05, 3.63) is 35.4 Å². The van der Waals surface area contributed by atoms with Gasteiger partial charge in [-0.1, -0.05) is 43.7 Å². The molecule has 0 aliphatic heterocycles. The zero-order valence-electron chi connectivity index (χ0n) is 11.7. The number of likely N-dealkylation sites (N-methyl/N-ethyl adjacent to an activating group) is 1. The average Bonchev–Trinajstić information content (AvgIpc) is 2.35. The van der Waals surface area contributed by atoms with E-state index in [1.807, 2.05) is 0 Å². The molecule has 0 saturated carbocycles. The van der Waals surface area contributed by atoms with Crippen LogP contribution in [0.25, 0.3) is 0 Å². The minimum atomic E-state index is 0.436. The summed E-state index contributed by atoms with van der Waals surface area (Å²) in [6, 6.07) is 9.22. The molecule has 1 unspecified atom stereocenters. The molecule has 0 radical (unpaired) electrons. The normalized spacial score (nSPS) is 13.0. The second-order valence-corrected chi connectivity index (χ2v) is 4.61. The highest BCUT2D eigenvalue weighted by Crippen LogP contribution is 2.12. The Hall–Kier alpha value is -0.860. The lowest BCUT2D eigenvalue weighted by molar-refractivity contribution is 0.298. The molecule has 2 heteroatoms. The van der Waals surface area contributed by atoms with Crippen LogP contribution in [0.2, 0.25) is 0 Å². The van der Waals surface area contributed by atoms with Crippen LogP contribution in [0.1, 0.15) is 37.9 Å². The van der Waals surface area contributed by atoms with E-state index in [9.17, 15) is 0 Å². The summed E-state index contributed by atoms with van der Waals surface area (Å²) in [5.41, 5.74) is 2.69. The second-order valence-electron chi connectivity index (χ2n) is 4.61. The van der Waals surface area contributed by atoms with Crippen molar-refractivity contribution in [1.29, 1.82) is 0 Å². The molecule has 0 amide bonds. The maximum absolute atomic E-state index is 3.58. The van der Waals surface area contributed by atoms with Gasteiger partial charge in [0.2, 0.25) is 0 Å². The molecule has 0 saturated heterocycles. The Morgan fingerprint density at radius 2 is 1.71 bits per heavy atom. The predicted octanol–water partition coefficient (Wildman–Crippen LogP) is 2.99. The molecule has 1 aromatic carbocycles. The standard InChI is InChI=1S/C15H26N2/c1-5-17(6-2)12-11-16-14(4)15-9-7-13(3)8-10-15/h7-10,14,16H,5-6,11-12H2,1-4H3.